The average Bonchev–Trinajstić information content (AvgIpc) is 2.73. The van der Waals surface area contributed by atoms with Gasteiger partial charge >= 0.3 is 5.69 Å². The lowest BCUT2D eigenvalue weighted by Crippen LogP contribution is -2.31. The van der Waals surface area contributed by atoms with E-state index in [1.807, 2.05) is 0 Å². The number of primary amides is 1. The van der Waals surface area contributed by atoms with Gasteiger partial charge in [-0.25, -0.2) is 4.79 Å². The van der Waals surface area contributed by atoms with E-state index >= 15 is 0 Å². The number of hydrogen-bond acceptors (Lipinski definition) is 6. The second-order valence-corrected chi connectivity index (χ2v) is 3.15. The zero-order chi connectivity index (χ0) is 12.4. The van der Waals surface area contributed by atoms with E-state index in [0.717, 1.165) is 9.20 Å². The fourth-order valence-corrected chi connectivity index (χ4v) is 1.25. The summed E-state index contributed by atoms with van der Waals surface area (Å²) in [6.45, 7) is 2.21. The molecule has 0 fully saturated rings. The molecule has 2 aromatic heterocycles. The third-order valence-corrected chi connectivity index (χ3v) is 2.08. The van der Waals surface area contributed by atoms with Crippen molar-refractivity contribution in [2.75, 3.05) is 6.61 Å². The summed E-state index contributed by atoms with van der Waals surface area (Å²) >= 11 is 0. The van der Waals surface area contributed by atoms with Crippen molar-refractivity contribution >= 4 is 11.6 Å². The molecule has 0 saturated carbocycles. The zero-order valence-electron chi connectivity index (χ0n) is 9.03. The van der Waals surface area contributed by atoms with Crippen LogP contribution < -0.4 is 11.4 Å². The van der Waals surface area contributed by atoms with Crippen LogP contribution in [0.2, 0.25) is 0 Å². The summed E-state index contributed by atoms with van der Waals surface area (Å²) in [5.74, 6) is -0.712. The average molecular weight is 238 g/mol. The maximum Gasteiger partial charge on any atom is 0.370 e. The lowest BCUT2D eigenvalue weighted by Gasteiger charge is -2.02. The second kappa shape index (κ2) is 4.29. The molecule has 0 unspecified atom stereocenters. The van der Waals surface area contributed by atoms with Gasteiger partial charge in [0.1, 0.15) is 12.3 Å². The molecule has 0 radical (unpaired) electrons. The number of aromatic nitrogens is 5. The standard InChI is InChI=1S/C8H10N6O3/c1-2-17-4-13-8(16)14-7(11-12-13)5(3-10-14)6(9)15/h3H,2,4H2,1H3,(H2,9,15). The normalized spacial score (nSPS) is 10.9. The Balaban J connectivity index is 2.54. The van der Waals surface area contributed by atoms with Crippen molar-refractivity contribution in [1.82, 2.24) is 24.6 Å². The molecule has 1 amide bonds. The molecular formula is C8H10N6O3. The van der Waals surface area contributed by atoms with E-state index in [1.165, 1.54) is 6.20 Å². The van der Waals surface area contributed by atoms with Gasteiger partial charge < -0.3 is 10.5 Å². The first-order valence-electron chi connectivity index (χ1n) is 4.84. The largest absolute Gasteiger partial charge is 0.370 e. The van der Waals surface area contributed by atoms with Crippen LogP contribution in [0.1, 0.15) is 17.3 Å². The molecule has 0 aliphatic rings. The molecule has 0 aliphatic carbocycles. The summed E-state index contributed by atoms with van der Waals surface area (Å²) in [6, 6.07) is 0. The predicted molar refractivity (Wildman–Crippen MR) is 55.2 cm³/mol. The van der Waals surface area contributed by atoms with Gasteiger partial charge in [-0.1, -0.05) is 5.21 Å². The molecule has 17 heavy (non-hydrogen) atoms. The van der Waals surface area contributed by atoms with Gasteiger partial charge in [-0.3, -0.25) is 4.79 Å². The summed E-state index contributed by atoms with van der Waals surface area (Å²) in [5, 5.41) is 11.1. The maximum absolute atomic E-state index is 11.8. The maximum atomic E-state index is 11.8. The van der Waals surface area contributed by atoms with Crippen LogP contribution in [-0.4, -0.2) is 37.1 Å². The summed E-state index contributed by atoms with van der Waals surface area (Å²) in [5.41, 5.74) is 4.64. The first-order valence-corrected chi connectivity index (χ1v) is 4.84. The highest BCUT2D eigenvalue weighted by Crippen LogP contribution is 2.02. The van der Waals surface area contributed by atoms with Gasteiger partial charge in [0.15, 0.2) is 5.65 Å². The minimum absolute atomic E-state index is 0.0238. The SMILES string of the molecule is CCOCn1nnc2c(C(N)=O)cnn2c1=O. The molecular weight excluding hydrogens is 228 g/mol. The first-order chi connectivity index (χ1) is 8.15. The number of rotatable bonds is 4. The molecule has 0 spiro atoms. The Labute approximate surface area is 94.8 Å². The smallest absolute Gasteiger partial charge is 0.365 e. The number of ether oxygens (including phenoxy) is 1. The van der Waals surface area contributed by atoms with Gasteiger partial charge in [0.2, 0.25) is 0 Å². The predicted octanol–water partition coefficient (Wildman–Crippen LogP) is -1.62. The lowest BCUT2D eigenvalue weighted by atomic mass is 10.3. The van der Waals surface area contributed by atoms with Crippen LogP contribution in [0.5, 0.6) is 0 Å². The molecule has 0 aliphatic heterocycles. The topological polar surface area (TPSA) is 117 Å². The van der Waals surface area contributed by atoms with E-state index in [9.17, 15) is 9.59 Å². The lowest BCUT2D eigenvalue weighted by molar-refractivity contribution is 0.0714. The van der Waals surface area contributed by atoms with Crippen LogP contribution in [0, 0.1) is 0 Å². The zero-order valence-corrected chi connectivity index (χ0v) is 9.03. The number of carbonyl (C=O) groups excluding carboxylic acids is 1. The van der Waals surface area contributed by atoms with Crippen LogP contribution in [0.3, 0.4) is 0 Å². The van der Waals surface area contributed by atoms with Crippen LogP contribution in [0.15, 0.2) is 11.0 Å². The number of hydrogen-bond donors (Lipinski definition) is 1. The van der Waals surface area contributed by atoms with Crippen LogP contribution in [0.25, 0.3) is 5.65 Å². The van der Waals surface area contributed by atoms with E-state index in [0.29, 0.717) is 6.61 Å². The number of nitrogens with zero attached hydrogens (tertiary/aromatic N) is 5. The Morgan fingerprint density at radius 2 is 2.35 bits per heavy atom. The molecule has 9 heteroatoms. The molecule has 0 saturated heterocycles. The monoisotopic (exact) mass is 238 g/mol. The third-order valence-electron chi connectivity index (χ3n) is 2.08. The fraction of sp³-hybridized carbons (Fsp3) is 0.375. The highest BCUT2D eigenvalue weighted by Gasteiger charge is 2.14. The molecule has 0 bridgehead atoms. The molecule has 2 heterocycles. The molecule has 90 valence electrons. The van der Waals surface area contributed by atoms with Crippen molar-refractivity contribution < 1.29 is 9.53 Å². The molecule has 2 rings (SSSR count). The Morgan fingerprint density at radius 3 is 3.00 bits per heavy atom. The summed E-state index contributed by atoms with van der Waals surface area (Å²) < 4.78 is 6.98. The van der Waals surface area contributed by atoms with Crippen LogP contribution in [-0.2, 0) is 11.5 Å². The summed E-state index contributed by atoms with van der Waals surface area (Å²) in [7, 11) is 0. The quantitative estimate of drug-likeness (QED) is 0.683. The Hall–Kier alpha value is -2.29. The minimum atomic E-state index is -0.712. The van der Waals surface area contributed by atoms with Gasteiger partial charge in [0.25, 0.3) is 5.91 Å². The van der Waals surface area contributed by atoms with E-state index in [4.69, 9.17) is 10.5 Å². The molecule has 9 nitrogen and oxygen atoms in total. The first kappa shape index (κ1) is 11.2. The van der Waals surface area contributed by atoms with Crippen molar-refractivity contribution in [3.63, 3.8) is 0 Å². The number of nitrogens with two attached hydrogens (primary N) is 1. The van der Waals surface area contributed by atoms with Gasteiger partial charge in [-0.15, -0.1) is 5.10 Å². The van der Waals surface area contributed by atoms with E-state index < -0.39 is 11.6 Å². The van der Waals surface area contributed by atoms with Gasteiger partial charge in [-0.05, 0) is 6.92 Å². The van der Waals surface area contributed by atoms with Crippen LogP contribution >= 0.6 is 0 Å². The van der Waals surface area contributed by atoms with Crippen LogP contribution in [0.4, 0.5) is 0 Å². The Kier molecular flexibility index (Phi) is 2.83. The summed E-state index contributed by atoms with van der Waals surface area (Å²) in [6.07, 6.45) is 1.18. The van der Waals surface area contributed by atoms with E-state index in [-0.39, 0.29) is 17.9 Å². The minimum Gasteiger partial charge on any atom is -0.365 e. The Morgan fingerprint density at radius 1 is 1.59 bits per heavy atom. The number of fused-ring (bicyclic) bond motifs is 1. The van der Waals surface area contributed by atoms with E-state index in [1.54, 1.807) is 6.92 Å². The second-order valence-electron chi connectivity index (χ2n) is 3.15. The molecule has 2 aromatic rings. The molecule has 2 N–H and O–H groups in total. The van der Waals surface area contributed by atoms with Crippen molar-refractivity contribution in [3.05, 3.63) is 22.2 Å². The van der Waals surface area contributed by atoms with E-state index in [2.05, 4.69) is 15.4 Å². The van der Waals surface area contributed by atoms with Gasteiger partial charge in [0, 0.05) is 6.61 Å². The molecule has 0 atom stereocenters. The fourth-order valence-electron chi connectivity index (χ4n) is 1.25. The molecule has 0 aromatic carbocycles. The number of carbonyl (C=O) groups is 1. The third kappa shape index (κ3) is 1.87. The number of amides is 1. The van der Waals surface area contributed by atoms with Crippen molar-refractivity contribution in [1.29, 1.82) is 0 Å². The van der Waals surface area contributed by atoms with Crippen molar-refractivity contribution in [2.24, 2.45) is 5.73 Å². The highest BCUT2D eigenvalue weighted by molar-refractivity contribution is 5.98. The van der Waals surface area contributed by atoms with Crippen molar-refractivity contribution in [2.45, 2.75) is 13.7 Å². The van der Waals surface area contributed by atoms with Gasteiger partial charge in [-0.2, -0.15) is 14.3 Å². The Bertz CT molecular complexity index is 615. The highest BCUT2D eigenvalue weighted by atomic mass is 16.5. The van der Waals surface area contributed by atoms with Gasteiger partial charge in [0.05, 0.1) is 6.20 Å². The summed E-state index contributed by atoms with van der Waals surface area (Å²) in [4.78, 5) is 22.8. The van der Waals surface area contributed by atoms with Crippen molar-refractivity contribution in [3.8, 4) is 0 Å².